The molecule has 11 nitrogen and oxygen atoms in total. The third kappa shape index (κ3) is 17.7. The van der Waals surface area contributed by atoms with E-state index in [1.807, 2.05) is 78.9 Å². The van der Waals surface area contributed by atoms with E-state index in [9.17, 15) is 0 Å². The fourth-order valence-corrected chi connectivity index (χ4v) is 18.0. The van der Waals surface area contributed by atoms with E-state index >= 15 is 0 Å². The average Bonchev–Trinajstić information content (AvgIpc) is 1.57. The Kier molecular flexibility index (Phi) is 23.4. The number of furan rings is 1. The summed E-state index contributed by atoms with van der Waals surface area (Å²) in [6.45, 7) is 12.7. The van der Waals surface area contributed by atoms with Crippen LogP contribution in [0.2, 0.25) is 0 Å². The number of imidazole rings is 1. The van der Waals surface area contributed by atoms with Crippen molar-refractivity contribution in [1.29, 1.82) is 0 Å². The molecule has 0 fully saturated rings. The highest BCUT2D eigenvalue weighted by Crippen LogP contribution is 2.52. The number of aromatic nitrogens is 10. The Balaban J connectivity index is 0.000000122. The first-order chi connectivity index (χ1) is 66.5. The fraction of sp³-hybridized carbons (Fsp3) is 0.0242. The third-order valence-corrected chi connectivity index (χ3v) is 25.0. The fourth-order valence-electron chi connectivity index (χ4n) is 18.0. The molecular weight excluding hydrogens is 1650 g/mol. The first-order valence-corrected chi connectivity index (χ1v) is 45.1. The van der Waals surface area contributed by atoms with Crippen molar-refractivity contribution in [2.45, 2.75) is 19.3 Å². The second-order valence-corrected chi connectivity index (χ2v) is 33.7. The first kappa shape index (κ1) is 83.9. The van der Waals surface area contributed by atoms with Crippen molar-refractivity contribution in [2.75, 3.05) is 0 Å². The molecule has 0 atom stereocenters. The van der Waals surface area contributed by atoms with Crippen LogP contribution in [-0.2, 0) is 5.41 Å². The van der Waals surface area contributed by atoms with Gasteiger partial charge in [-0.2, -0.15) is 0 Å². The number of para-hydroxylation sites is 1. The minimum atomic E-state index is -0.0727. The molecule has 0 saturated heterocycles. The standard InChI is InChI=1S/C46H33N5.C41H30N2O.C37H25N3/c1-3-41-44(4-2)51(40-13-9-6-10-14-40)46(50-41)39-25-19-35(20-26-39)34-17-23-37(24-18-34)43-31-42(48-45(49-43)38-27-29-47-30-28-38)36-21-15-33(16-22-36)32-11-7-5-8-12-32;1-41(2)35-15-7-6-12-33(35)34-14-8-13-32(39(34)41)29-19-23-31(24-20-29)37-26-36(42-40(43-37)38-16-9-25-44-38)30-21-17-28(18-22-30)27-10-4-3-5-11-27;1-2-6-26(7-3-1)28-10-15-30(16-11-28)35-25-36(40-37(39-35)32-20-22-38-23-21-32)31-17-12-29(13-18-31)34-19-14-27-8-4-5-9-33(27)24-34/h3-31H,1-2H2;3-26H,1-2H3;1-25H. The van der Waals surface area contributed by atoms with Crippen LogP contribution in [0.3, 0.4) is 0 Å². The molecule has 1 aliphatic carbocycles. The van der Waals surface area contributed by atoms with Crippen LogP contribution < -0.4 is 0 Å². The van der Waals surface area contributed by atoms with Crippen molar-refractivity contribution < 1.29 is 4.42 Å². The molecule has 0 spiro atoms. The van der Waals surface area contributed by atoms with Crippen LogP contribution in [0.1, 0.15) is 36.4 Å². The topological polar surface area (TPSA) is 134 Å². The molecule has 7 aromatic heterocycles. The molecule has 11 heteroatoms. The average molecular weight is 1730 g/mol. The highest BCUT2D eigenvalue weighted by atomic mass is 16.3. The van der Waals surface area contributed by atoms with Crippen molar-refractivity contribution in [3.05, 3.63) is 497 Å². The molecule has 1 aliphatic rings. The summed E-state index contributed by atoms with van der Waals surface area (Å²) in [5, 5.41) is 2.49. The minimum Gasteiger partial charge on any atom is -0.461 e. The first-order valence-electron chi connectivity index (χ1n) is 45.1. The lowest BCUT2D eigenvalue weighted by molar-refractivity contribution is 0.577. The monoisotopic (exact) mass is 1730 g/mol. The van der Waals surface area contributed by atoms with Crippen molar-refractivity contribution in [3.8, 4) is 197 Å². The summed E-state index contributed by atoms with van der Waals surface area (Å²) in [5.74, 6) is 3.39. The van der Waals surface area contributed by atoms with E-state index in [2.05, 4.69) is 399 Å². The summed E-state index contributed by atoms with van der Waals surface area (Å²) in [4.78, 5) is 43.1. The Morgan fingerprint density at radius 3 is 1.01 bits per heavy atom. The molecule has 0 unspecified atom stereocenters. The van der Waals surface area contributed by atoms with Crippen molar-refractivity contribution in [1.82, 2.24) is 49.4 Å². The minimum absolute atomic E-state index is 0.0727. The molecule has 0 N–H and O–H groups in total. The van der Waals surface area contributed by atoms with Gasteiger partial charge in [-0.25, -0.2) is 34.9 Å². The lowest BCUT2D eigenvalue weighted by Crippen LogP contribution is -2.16. The number of pyridine rings is 2. The molecule has 7 heterocycles. The van der Waals surface area contributed by atoms with E-state index in [1.165, 1.54) is 83.1 Å². The zero-order valence-corrected chi connectivity index (χ0v) is 74.3. The Morgan fingerprint density at radius 2 is 0.593 bits per heavy atom. The van der Waals surface area contributed by atoms with Gasteiger partial charge in [0.2, 0.25) is 0 Å². The maximum atomic E-state index is 5.72. The summed E-state index contributed by atoms with van der Waals surface area (Å²) in [5.41, 5.74) is 36.5. The van der Waals surface area contributed by atoms with Gasteiger partial charge >= 0.3 is 0 Å². The van der Waals surface area contributed by atoms with Crippen LogP contribution >= 0.6 is 0 Å². The zero-order valence-electron chi connectivity index (χ0n) is 74.3. The van der Waals surface area contributed by atoms with E-state index in [-0.39, 0.29) is 5.41 Å². The van der Waals surface area contributed by atoms with Crippen LogP contribution in [0, 0.1) is 0 Å². The van der Waals surface area contributed by atoms with Gasteiger partial charge in [0, 0.05) is 86.0 Å². The van der Waals surface area contributed by atoms with Gasteiger partial charge in [0.15, 0.2) is 23.2 Å². The molecule has 640 valence electrons. The van der Waals surface area contributed by atoms with Gasteiger partial charge in [-0.1, -0.05) is 385 Å². The van der Waals surface area contributed by atoms with Crippen LogP contribution in [-0.4, -0.2) is 49.4 Å². The lowest BCUT2D eigenvalue weighted by Gasteiger charge is -2.24. The van der Waals surface area contributed by atoms with E-state index < -0.39 is 0 Å². The Labute approximate surface area is 785 Å². The van der Waals surface area contributed by atoms with Gasteiger partial charge in [0.05, 0.1) is 51.8 Å². The van der Waals surface area contributed by atoms with Gasteiger partial charge < -0.3 is 4.42 Å². The maximum absolute atomic E-state index is 5.72. The second-order valence-electron chi connectivity index (χ2n) is 33.7. The van der Waals surface area contributed by atoms with Crippen LogP contribution in [0.5, 0.6) is 0 Å². The summed E-state index contributed by atoms with van der Waals surface area (Å²) in [6, 6.07) is 150. The van der Waals surface area contributed by atoms with E-state index in [4.69, 9.17) is 39.3 Å². The van der Waals surface area contributed by atoms with Crippen molar-refractivity contribution in [3.63, 3.8) is 0 Å². The molecule has 0 aliphatic heterocycles. The van der Waals surface area contributed by atoms with Gasteiger partial charge in [-0.15, -0.1) is 0 Å². The van der Waals surface area contributed by atoms with Gasteiger partial charge in [-0.3, -0.25) is 14.5 Å². The number of fused-ring (bicyclic) bond motifs is 4. The molecule has 0 bridgehead atoms. The van der Waals surface area contributed by atoms with E-state index in [0.717, 1.165) is 124 Å². The van der Waals surface area contributed by atoms with E-state index in [0.29, 0.717) is 23.2 Å². The molecule has 23 rings (SSSR count). The Morgan fingerprint density at radius 1 is 0.252 bits per heavy atom. The smallest absolute Gasteiger partial charge is 0.196 e. The largest absolute Gasteiger partial charge is 0.461 e. The molecule has 0 amide bonds. The highest BCUT2D eigenvalue weighted by Gasteiger charge is 2.37. The molecular formula is C124H88N10O. The van der Waals surface area contributed by atoms with Gasteiger partial charge in [0.25, 0.3) is 0 Å². The Bertz CT molecular complexity index is 7980. The summed E-state index contributed by atoms with van der Waals surface area (Å²) >= 11 is 0. The predicted octanol–water partition coefficient (Wildman–Crippen LogP) is 31.4. The predicted molar refractivity (Wildman–Crippen MR) is 553 cm³/mol. The van der Waals surface area contributed by atoms with E-state index in [1.54, 1.807) is 37.1 Å². The molecule has 135 heavy (non-hydrogen) atoms. The SMILES string of the molecule is C=Cc1nc(-c2ccc(-c3ccc(-c4cc(-c5ccc(-c6ccccc6)cc5)nc(-c5ccncc5)n4)cc3)cc2)n(-c2ccccc2)c1C=C.CC1(C)c2ccccc2-c2cccc(-c3ccc(-c4cc(-c5ccc(-c6ccccc6)cc5)nc(-c5ccco5)n4)cc3)c21.c1ccc(-c2ccc(-c3cc(-c4ccc(-c5ccc6ccccc6c5)cc4)nc(-c4ccncc4)n3)cc2)cc1. The van der Waals surface area contributed by atoms with Crippen LogP contribution in [0.15, 0.2) is 479 Å². The maximum Gasteiger partial charge on any atom is 0.196 e. The lowest BCUT2D eigenvalue weighted by atomic mass is 9.79. The number of hydrogen-bond acceptors (Lipinski definition) is 10. The number of rotatable bonds is 19. The Hall–Kier alpha value is -17.9. The quantitative estimate of drug-likeness (QED) is 0.0770. The van der Waals surface area contributed by atoms with Gasteiger partial charge in [-0.05, 0) is 185 Å². The number of hydrogen-bond donors (Lipinski definition) is 0. The third-order valence-electron chi connectivity index (χ3n) is 25.0. The van der Waals surface area contributed by atoms with Crippen molar-refractivity contribution in [2.24, 2.45) is 0 Å². The molecule has 15 aromatic carbocycles. The number of benzene rings is 15. The molecule has 0 radical (unpaired) electrons. The zero-order chi connectivity index (χ0) is 91.0. The molecule has 0 saturated carbocycles. The molecule has 22 aromatic rings. The van der Waals surface area contributed by atoms with Crippen molar-refractivity contribution >= 4 is 22.9 Å². The van der Waals surface area contributed by atoms with Crippen LogP contribution in [0.4, 0.5) is 0 Å². The highest BCUT2D eigenvalue weighted by molar-refractivity contribution is 5.91. The van der Waals surface area contributed by atoms with Crippen LogP contribution in [0.25, 0.3) is 220 Å². The summed E-state index contributed by atoms with van der Waals surface area (Å²) in [7, 11) is 0. The second kappa shape index (κ2) is 37.6. The summed E-state index contributed by atoms with van der Waals surface area (Å²) in [6.07, 6.45) is 12.4. The number of nitrogens with zero attached hydrogens (tertiary/aromatic N) is 10. The van der Waals surface area contributed by atoms with Gasteiger partial charge in [0.1, 0.15) is 5.82 Å². The summed E-state index contributed by atoms with van der Waals surface area (Å²) < 4.78 is 7.85. The normalized spacial score (nSPS) is 11.6.